The van der Waals surface area contributed by atoms with Crippen LogP contribution in [0.3, 0.4) is 0 Å². The first-order valence-electron chi connectivity index (χ1n) is 12.1. The predicted octanol–water partition coefficient (Wildman–Crippen LogP) is -6.71. The van der Waals surface area contributed by atoms with E-state index in [4.69, 9.17) is 33.2 Å². The molecule has 0 saturated carbocycles. The minimum absolute atomic E-state index is 0.395. The summed E-state index contributed by atoms with van der Waals surface area (Å²) in [6.45, 7) is -0.903. The van der Waals surface area contributed by atoms with Gasteiger partial charge in [-0.3, -0.25) is 0 Å². The van der Waals surface area contributed by atoms with Crippen LogP contribution in [0, 0.1) is 0 Å². The number of aliphatic hydroxyl groups is 9. The van der Waals surface area contributed by atoms with Crippen molar-refractivity contribution in [3.8, 4) is 0 Å². The van der Waals surface area contributed by atoms with Crippen molar-refractivity contribution >= 4 is 5.97 Å². The van der Waals surface area contributed by atoms with E-state index >= 15 is 0 Å². The molecule has 0 aromatic heterocycles. The summed E-state index contributed by atoms with van der Waals surface area (Å²) in [7, 11) is 0. The zero-order valence-corrected chi connectivity index (χ0v) is 20.5. The van der Waals surface area contributed by atoms with Crippen LogP contribution < -0.4 is 0 Å². The summed E-state index contributed by atoms with van der Waals surface area (Å²) in [4.78, 5) is 11.5. The predicted molar refractivity (Wildman–Crippen MR) is 115 cm³/mol. The van der Waals surface area contributed by atoms with E-state index in [0.29, 0.717) is 0 Å². The Labute approximate surface area is 220 Å². The molecule has 0 bridgehead atoms. The minimum Gasteiger partial charge on any atom is -0.477 e. The van der Waals surface area contributed by atoms with Crippen LogP contribution in [-0.4, -0.2) is 175 Å². The molecule has 39 heavy (non-hydrogen) atoms. The van der Waals surface area contributed by atoms with Gasteiger partial charge in [-0.25, -0.2) is 4.79 Å². The van der Waals surface area contributed by atoms with Gasteiger partial charge < -0.3 is 84.2 Å². The maximum absolute atomic E-state index is 11.5. The lowest BCUT2D eigenvalue weighted by molar-refractivity contribution is -0.404. The van der Waals surface area contributed by atoms with Gasteiger partial charge in [-0.1, -0.05) is 0 Å². The topological polar surface area (TPSA) is 284 Å². The number of rotatable bonds is 7. The van der Waals surface area contributed by atoms with Crippen molar-refractivity contribution in [3.63, 3.8) is 0 Å². The molecule has 16 atom stereocenters. The highest BCUT2D eigenvalue weighted by atomic mass is 16.8. The van der Waals surface area contributed by atoms with E-state index in [-0.39, 0.29) is 0 Å². The Morgan fingerprint density at radius 1 is 0.769 bits per heavy atom. The standard InChI is InChI=1S/C21H34O18/c1-21(20(31)32)33-4-7-14(39-21)10(26)12(28)19(36-7)37-15-6(3-23)34-17(30)13(29)16(15)38-18-11(27)9(25)8(24)5(2-22)35-18/h5-19,22-30H,2-4H2,1H3,(H,31,32). The third-order valence-corrected chi connectivity index (χ3v) is 7.16. The third-order valence-electron chi connectivity index (χ3n) is 7.16. The molecule has 16 unspecified atom stereocenters. The monoisotopic (exact) mass is 574 g/mol. The molecular formula is C21H34O18. The summed E-state index contributed by atoms with van der Waals surface area (Å²) in [6, 6.07) is 0. The highest BCUT2D eigenvalue weighted by molar-refractivity contribution is 5.75. The van der Waals surface area contributed by atoms with Crippen molar-refractivity contribution in [2.75, 3.05) is 19.8 Å². The Balaban J connectivity index is 1.54. The average molecular weight is 574 g/mol. The zero-order chi connectivity index (χ0) is 28.8. The summed E-state index contributed by atoms with van der Waals surface area (Å²) < 4.78 is 37.9. The molecule has 0 aliphatic carbocycles. The number of hydrogen-bond acceptors (Lipinski definition) is 17. The van der Waals surface area contributed by atoms with Gasteiger partial charge in [-0.2, -0.15) is 0 Å². The molecule has 226 valence electrons. The van der Waals surface area contributed by atoms with Crippen LogP contribution in [0.4, 0.5) is 0 Å². The normalized spacial score (nSPS) is 52.7. The molecule has 18 nitrogen and oxygen atoms in total. The van der Waals surface area contributed by atoms with Crippen molar-refractivity contribution in [2.24, 2.45) is 0 Å². The fourth-order valence-corrected chi connectivity index (χ4v) is 4.81. The van der Waals surface area contributed by atoms with Gasteiger partial charge in [-0.05, 0) is 0 Å². The number of fused-ring (bicyclic) bond motifs is 1. The quantitative estimate of drug-likeness (QED) is 0.135. The number of ether oxygens (including phenoxy) is 7. The Hall–Kier alpha value is -1.17. The summed E-state index contributed by atoms with van der Waals surface area (Å²) in [5, 5.41) is 101. The molecule has 0 aromatic rings. The first kappa shape index (κ1) is 30.8. The number of aliphatic carboxylic acids is 1. The van der Waals surface area contributed by atoms with Gasteiger partial charge in [0.15, 0.2) is 18.9 Å². The lowest BCUT2D eigenvalue weighted by Crippen LogP contribution is -2.69. The first-order chi connectivity index (χ1) is 18.3. The molecule has 4 heterocycles. The Morgan fingerprint density at radius 3 is 1.97 bits per heavy atom. The van der Waals surface area contributed by atoms with Gasteiger partial charge in [0.2, 0.25) is 0 Å². The number of hydrogen-bond donors (Lipinski definition) is 10. The van der Waals surface area contributed by atoms with Crippen molar-refractivity contribution in [3.05, 3.63) is 0 Å². The van der Waals surface area contributed by atoms with Gasteiger partial charge in [-0.15, -0.1) is 0 Å². The molecule has 4 aliphatic heterocycles. The van der Waals surface area contributed by atoms with Crippen LogP contribution in [0.15, 0.2) is 0 Å². The van der Waals surface area contributed by atoms with E-state index in [0.717, 1.165) is 6.92 Å². The summed E-state index contributed by atoms with van der Waals surface area (Å²) in [5.41, 5.74) is 0. The van der Waals surface area contributed by atoms with Crippen molar-refractivity contribution in [1.29, 1.82) is 0 Å². The number of carboxylic acid groups (broad SMARTS) is 1. The SMILES string of the molecule is CC1(C(=O)O)OCC2OC(OC3C(CO)OC(O)C(O)C3OC3OC(CO)C(O)C(O)C3O)C(O)C(O)C2O1. The maximum atomic E-state index is 11.5. The Morgan fingerprint density at radius 2 is 1.36 bits per heavy atom. The second kappa shape index (κ2) is 12.0. The lowest BCUT2D eigenvalue weighted by atomic mass is 9.95. The fraction of sp³-hybridized carbons (Fsp3) is 0.952. The van der Waals surface area contributed by atoms with Crippen LogP contribution in [0.5, 0.6) is 0 Å². The van der Waals surface area contributed by atoms with E-state index in [1.807, 2.05) is 0 Å². The second-order valence-electron chi connectivity index (χ2n) is 9.81. The molecule has 0 amide bonds. The van der Waals surface area contributed by atoms with E-state index < -0.39 is 124 Å². The molecule has 4 rings (SSSR count). The van der Waals surface area contributed by atoms with Gasteiger partial charge in [0, 0.05) is 6.92 Å². The van der Waals surface area contributed by atoms with Crippen LogP contribution >= 0.6 is 0 Å². The molecule has 4 aliphatic rings. The van der Waals surface area contributed by atoms with Gasteiger partial charge in [0.1, 0.15) is 73.2 Å². The molecule has 4 saturated heterocycles. The maximum Gasteiger partial charge on any atom is 0.364 e. The zero-order valence-electron chi connectivity index (χ0n) is 20.5. The third kappa shape index (κ3) is 5.79. The summed E-state index contributed by atoms with van der Waals surface area (Å²) >= 11 is 0. The van der Waals surface area contributed by atoms with Crippen LogP contribution in [0.1, 0.15) is 6.92 Å². The number of carbonyl (C=O) groups is 1. The van der Waals surface area contributed by atoms with E-state index in [9.17, 15) is 55.9 Å². The van der Waals surface area contributed by atoms with Gasteiger partial charge >= 0.3 is 5.97 Å². The van der Waals surface area contributed by atoms with Crippen molar-refractivity contribution in [2.45, 2.75) is 105 Å². The van der Waals surface area contributed by atoms with Crippen molar-refractivity contribution in [1.82, 2.24) is 0 Å². The van der Waals surface area contributed by atoms with Crippen LogP contribution in [0.2, 0.25) is 0 Å². The Bertz CT molecular complexity index is 844. The van der Waals surface area contributed by atoms with Gasteiger partial charge in [0.05, 0.1) is 19.8 Å². The fourth-order valence-electron chi connectivity index (χ4n) is 4.81. The van der Waals surface area contributed by atoms with Crippen LogP contribution in [-0.2, 0) is 38.0 Å². The van der Waals surface area contributed by atoms with E-state index in [1.54, 1.807) is 0 Å². The molecular weight excluding hydrogens is 540 g/mol. The summed E-state index contributed by atoms with van der Waals surface area (Å²) in [5.74, 6) is -3.60. The minimum atomic E-state index is -2.12. The first-order valence-corrected chi connectivity index (χ1v) is 12.1. The van der Waals surface area contributed by atoms with Crippen molar-refractivity contribution < 1.29 is 89.0 Å². The molecule has 10 N–H and O–H groups in total. The largest absolute Gasteiger partial charge is 0.477 e. The highest BCUT2D eigenvalue weighted by Crippen LogP contribution is 2.36. The number of carboxylic acids is 1. The highest BCUT2D eigenvalue weighted by Gasteiger charge is 2.57. The lowest BCUT2D eigenvalue weighted by Gasteiger charge is -2.50. The molecule has 0 aromatic carbocycles. The molecule has 0 spiro atoms. The van der Waals surface area contributed by atoms with E-state index in [2.05, 4.69) is 0 Å². The average Bonchev–Trinajstić information content (AvgIpc) is 2.91. The smallest absolute Gasteiger partial charge is 0.364 e. The van der Waals surface area contributed by atoms with E-state index in [1.165, 1.54) is 0 Å². The Kier molecular flexibility index (Phi) is 9.45. The summed E-state index contributed by atoms with van der Waals surface area (Å²) in [6.07, 6.45) is -25.1. The second-order valence-corrected chi connectivity index (χ2v) is 9.81. The van der Waals surface area contributed by atoms with Crippen LogP contribution in [0.25, 0.3) is 0 Å². The molecule has 18 heteroatoms. The number of aliphatic hydroxyl groups excluding tert-OH is 9. The molecule has 4 fully saturated rings. The van der Waals surface area contributed by atoms with Gasteiger partial charge in [0.25, 0.3) is 5.79 Å². The molecule has 0 radical (unpaired) electrons.